The summed E-state index contributed by atoms with van der Waals surface area (Å²) in [6, 6.07) is 12.7. The fourth-order valence-corrected chi connectivity index (χ4v) is 2.93. The molecule has 10 nitrogen and oxygen atoms in total. The zero-order valence-electron chi connectivity index (χ0n) is 15.9. The molecule has 2 aromatic carbocycles. The summed E-state index contributed by atoms with van der Waals surface area (Å²) < 4.78 is 30.5. The van der Waals surface area contributed by atoms with Gasteiger partial charge in [-0.3, -0.25) is 19.7 Å². The van der Waals surface area contributed by atoms with Crippen LogP contribution in [0.15, 0.2) is 53.9 Å². The monoisotopic (exact) mass is 433 g/mol. The lowest BCUT2D eigenvalue weighted by atomic mass is 10.2. The van der Waals surface area contributed by atoms with Crippen LogP contribution in [0.5, 0.6) is 0 Å². The van der Waals surface area contributed by atoms with E-state index in [0.29, 0.717) is 11.1 Å². The Morgan fingerprint density at radius 1 is 1.17 bits per heavy atom. The zero-order valence-corrected chi connectivity index (χ0v) is 16.7. The molecule has 0 spiro atoms. The molecule has 0 fully saturated rings. The molecule has 0 saturated carbocycles. The van der Waals surface area contributed by atoms with E-state index in [0.717, 1.165) is 5.41 Å². The van der Waals surface area contributed by atoms with Gasteiger partial charge in [-0.2, -0.15) is 0 Å². The number of nitro groups is 1. The van der Waals surface area contributed by atoms with E-state index in [1.165, 1.54) is 24.3 Å². The number of esters is 1. The minimum absolute atomic E-state index is 0.203. The number of nitrogens with zero attached hydrogens (tertiary/aromatic N) is 1. The first kappa shape index (κ1) is 22.7. The third kappa shape index (κ3) is 7.45. The molecule has 0 unspecified atom stereocenters. The number of carbonyl (C=O) groups is 2. The maximum atomic E-state index is 11.9. The Morgan fingerprint density at radius 2 is 1.87 bits per heavy atom. The van der Waals surface area contributed by atoms with E-state index in [2.05, 4.69) is 5.32 Å². The Hall–Kier alpha value is -3.57. The fourth-order valence-electron chi connectivity index (χ4n) is 2.18. The van der Waals surface area contributed by atoms with Gasteiger partial charge in [-0.05, 0) is 24.1 Å². The van der Waals surface area contributed by atoms with E-state index in [1.807, 2.05) is 4.72 Å². The number of sulfonamides is 1. The lowest BCUT2D eigenvalue weighted by molar-refractivity contribution is -0.384. The van der Waals surface area contributed by atoms with Gasteiger partial charge in [0.25, 0.3) is 11.6 Å². The minimum atomic E-state index is -3.88. The minimum Gasteiger partial charge on any atom is -0.455 e. The Morgan fingerprint density at radius 3 is 2.53 bits per heavy atom. The van der Waals surface area contributed by atoms with Crippen LogP contribution in [0.1, 0.15) is 11.1 Å². The van der Waals surface area contributed by atoms with Crippen molar-refractivity contribution in [1.82, 2.24) is 4.72 Å². The van der Waals surface area contributed by atoms with E-state index in [1.54, 1.807) is 37.3 Å². The number of nitro benzene ring substituents is 1. The average Bonchev–Trinajstić information content (AvgIpc) is 2.71. The Labute approximate surface area is 172 Å². The molecule has 2 N–H and O–H groups in total. The molecule has 0 bridgehead atoms. The van der Waals surface area contributed by atoms with Crippen LogP contribution in [-0.2, 0) is 24.3 Å². The van der Waals surface area contributed by atoms with Gasteiger partial charge in [-0.15, -0.1) is 0 Å². The van der Waals surface area contributed by atoms with Crippen molar-refractivity contribution < 1.29 is 27.7 Å². The summed E-state index contributed by atoms with van der Waals surface area (Å²) in [5.41, 5.74) is 1.25. The predicted molar refractivity (Wildman–Crippen MR) is 110 cm³/mol. The second kappa shape index (κ2) is 10.3. The Balaban J connectivity index is 1.81. The number of rotatable bonds is 9. The van der Waals surface area contributed by atoms with E-state index >= 15 is 0 Å². The van der Waals surface area contributed by atoms with Gasteiger partial charge in [-0.25, -0.2) is 13.1 Å². The smallest absolute Gasteiger partial charge is 0.321 e. The molecule has 158 valence electrons. The normalized spacial score (nSPS) is 11.2. The quantitative estimate of drug-likeness (QED) is 0.349. The first-order chi connectivity index (χ1) is 14.2. The topological polar surface area (TPSA) is 145 Å². The standard InChI is InChI=1S/C19H19N3O7S/c1-14-7-8-16(22(25)26)11-17(14)21-18(23)13-29-19(24)12-20-30(27,28)10-9-15-5-3-2-4-6-15/h2-11,20H,12-13H2,1H3,(H,21,23)/b10-9+. The van der Waals surface area contributed by atoms with Crippen molar-refractivity contribution in [2.45, 2.75) is 6.92 Å². The van der Waals surface area contributed by atoms with Crippen molar-refractivity contribution in [3.63, 3.8) is 0 Å². The molecule has 0 aliphatic carbocycles. The van der Waals surface area contributed by atoms with Gasteiger partial charge in [0.15, 0.2) is 6.61 Å². The summed E-state index contributed by atoms with van der Waals surface area (Å²) in [6.45, 7) is 0.302. The molecule has 30 heavy (non-hydrogen) atoms. The number of ether oxygens (including phenoxy) is 1. The maximum absolute atomic E-state index is 11.9. The van der Waals surface area contributed by atoms with Gasteiger partial charge in [0.1, 0.15) is 6.54 Å². The third-order valence-corrected chi connectivity index (χ3v) is 4.77. The lowest BCUT2D eigenvalue weighted by Gasteiger charge is -2.09. The molecule has 0 aliphatic heterocycles. The number of carbonyl (C=O) groups excluding carboxylic acids is 2. The van der Waals surface area contributed by atoms with Crippen LogP contribution in [0.4, 0.5) is 11.4 Å². The van der Waals surface area contributed by atoms with Crippen molar-refractivity contribution in [2.75, 3.05) is 18.5 Å². The number of hydrogen-bond donors (Lipinski definition) is 2. The molecule has 2 rings (SSSR count). The van der Waals surface area contributed by atoms with Crippen LogP contribution in [-0.4, -0.2) is 38.4 Å². The van der Waals surface area contributed by atoms with E-state index < -0.39 is 40.0 Å². The van der Waals surface area contributed by atoms with Crippen LogP contribution in [0, 0.1) is 17.0 Å². The number of non-ortho nitro benzene ring substituents is 1. The van der Waals surface area contributed by atoms with Crippen molar-refractivity contribution in [1.29, 1.82) is 0 Å². The summed E-state index contributed by atoms with van der Waals surface area (Å²) in [6.07, 6.45) is 1.36. The van der Waals surface area contributed by atoms with Crippen molar-refractivity contribution >= 4 is 39.4 Å². The van der Waals surface area contributed by atoms with E-state index in [4.69, 9.17) is 4.74 Å². The highest BCUT2D eigenvalue weighted by atomic mass is 32.2. The summed E-state index contributed by atoms with van der Waals surface area (Å²) in [5.74, 6) is -1.68. The molecule has 0 radical (unpaired) electrons. The number of aryl methyl sites for hydroxylation is 1. The highest BCUT2D eigenvalue weighted by Crippen LogP contribution is 2.21. The molecule has 11 heteroatoms. The number of anilines is 1. The van der Waals surface area contributed by atoms with Crippen LogP contribution in [0.25, 0.3) is 6.08 Å². The Bertz CT molecular complexity index is 1070. The second-order valence-electron chi connectivity index (χ2n) is 6.04. The van der Waals surface area contributed by atoms with Crippen LogP contribution in [0.2, 0.25) is 0 Å². The van der Waals surface area contributed by atoms with E-state index in [-0.39, 0.29) is 11.4 Å². The SMILES string of the molecule is Cc1ccc([N+](=O)[O-])cc1NC(=O)COC(=O)CNS(=O)(=O)/C=C/c1ccccc1. The molecule has 1 amide bonds. The average molecular weight is 433 g/mol. The molecular weight excluding hydrogens is 414 g/mol. The Kier molecular flexibility index (Phi) is 7.78. The van der Waals surface area contributed by atoms with Gasteiger partial charge in [0.2, 0.25) is 10.0 Å². The lowest BCUT2D eigenvalue weighted by Crippen LogP contribution is -2.31. The van der Waals surface area contributed by atoms with Crippen LogP contribution < -0.4 is 10.0 Å². The van der Waals surface area contributed by atoms with Gasteiger partial charge >= 0.3 is 5.97 Å². The van der Waals surface area contributed by atoms with Crippen LogP contribution >= 0.6 is 0 Å². The molecule has 0 atom stereocenters. The highest BCUT2D eigenvalue weighted by molar-refractivity contribution is 7.92. The number of benzene rings is 2. The van der Waals surface area contributed by atoms with Crippen molar-refractivity contribution in [3.8, 4) is 0 Å². The van der Waals surface area contributed by atoms with Gasteiger partial charge in [-0.1, -0.05) is 36.4 Å². The van der Waals surface area contributed by atoms with Crippen LogP contribution in [0.3, 0.4) is 0 Å². The number of nitrogens with one attached hydrogen (secondary N) is 2. The first-order valence-electron chi connectivity index (χ1n) is 8.59. The molecule has 0 saturated heterocycles. The molecule has 2 aromatic rings. The molecular formula is C19H19N3O7S. The van der Waals surface area contributed by atoms with Gasteiger partial charge < -0.3 is 10.1 Å². The zero-order chi connectivity index (χ0) is 22.1. The number of hydrogen-bond acceptors (Lipinski definition) is 7. The number of amides is 1. The van der Waals surface area contributed by atoms with Crippen molar-refractivity contribution in [3.05, 3.63) is 75.2 Å². The van der Waals surface area contributed by atoms with Gasteiger partial charge in [0.05, 0.1) is 10.6 Å². The second-order valence-corrected chi connectivity index (χ2v) is 7.70. The van der Waals surface area contributed by atoms with Crippen molar-refractivity contribution in [2.24, 2.45) is 0 Å². The third-order valence-electron chi connectivity index (χ3n) is 3.73. The predicted octanol–water partition coefficient (Wildman–Crippen LogP) is 1.98. The first-order valence-corrected chi connectivity index (χ1v) is 10.1. The molecule has 0 aliphatic rings. The van der Waals surface area contributed by atoms with E-state index in [9.17, 15) is 28.1 Å². The molecule has 0 heterocycles. The highest BCUT2D eigenvalue weighted by Gasteiger charge is 2.14. The molecule has 0 aromatic heterocycles. The summed E-state index contributed by atoms with van der Waals surface area (Å²) in [7, 11) is -3.88. The summed E-state index contributed by atoms with van der Waals surface area (Å²) >= 11 is 0. The summed E-state index contributed by atoms with van der Waals surface area (Å²) in [4.78, 5) is 33.8. The fraction of sp³-hybridized carbons (Fsp3) is 0.158. The largest absolute Gasteiger partial charge is 0.455 e. The summed E-state index contributed by atoms with van der Waals surface area (Å²) in [5, 5.41) is 14.1. The van der Waals surface area contributed by atoms with Gasteiger partial charge in [0, 0.05) is 17.5 Å². The maximum Gasteiger partial charge on any atom is 0.321 e.